The van der Waals surface area contributed by atoms with Crippen molar-refractivity contribution in [3.05, 3.63) is 35.9 Å². The first-order chi connectivity index (χ1) is 12.8. The monoisotopic (exact) mass is 359 g/mol. The van der Waals surface area contributed by atoms with Crippen molar-refractivity contribution in [3.63, 3.8) is 0 Å². The van der Waals surface area contributed by atoms with Crippen LogP contribution in [0.1, 0.15) is 31.2 Å². The molecule has 2 aliphatic heterocycles. The molecule has 5 nitrogen and oxygen atoms in total. The number of benzene rings is 1. The third-order valence-corrected chi connectivity index (χ3v) is 5.87. The lowest BCUT2D eigenvalue weighted by atomic mass is 9.93. The minimum absolute atomic E-state index is 0.134. The summed E-state index contributed by atoms with van der Waals surface area (Å²) < 4.78 is 0. The van der Waals surface area contributed by atoms with Crippen LogP contribution in [-0.4, -0.2) is 72.7 Å². The molecule has 26 heavy (non-hydrogen) atoms. The third-order valence-electron chi connectivity index (χ3n) is 5.87. The number of carbonyl (C=O) groups excluding carboxylic acids is 1. The quantitative estimate of drug-likeness (QED) is 0.775. The Hall–Kier alpha value is -1.43. The highest BCUT2D eigenvalue weighted by atomic mass is 16.3. The van der Waals surface area contributed by atoms with E-state index in [1.165, 1.54) is 5.56 Å². The Balaban J connectivity index is 1.41. The molecule has 0 aromatic heterocycles. The molecule has 2 aliphatic rings. The average molecular weight is 360 g/mol. The van der Waals surface area contributed by atoms with Crippen molar-refractivity contribution < 1.29 is 9.90 Å². The van der Waals surface area contributed by atoms with Crippen LogP contribution in [-0.2, 0) is 11.2 Å². The van der Waals surface area contributed by atoms with Gasteiger partial charge in [0.1, 0.15) is 0 Å². The number of hydrogen-bond acceptors (Lipinski definition) is 4. The summed E-state index contributed by atoms with van der Waals surface area (Å²) in [4.78, 5) is 17.5. The van der Waals surface area contributed by atoms with E-state index in [9.17, 15) is 4.79 Å². The van der Waals surface area contributed by atoms with Crippen molar-refractivity contribution in [3.8, 4) is 0 Å². The molecule has 0 saturated carbocycles. The highest BCUT2D eigenvalue weighted by molar-refractivity contribution is 5.79. The topological polar surface area (TPSA) is 55.8 Å². The van der Waals surface area contributed by atoms with Gasteiger partial charge in [0.05, 0.1) is 12.5 Å². The van der Waals surface area contributed by atoms with Crippen LogP contribution in [0.25, 0.3) is 0 Å². The van der Waals surface area contributed by atoms with Crippen molar-refractivity contribution >= 4 is 5.91 Å². The Kier molecular flexibility index (Phi) is 7.47. The van der Waals surface area contributed by atoms with E-state index >= 15 is 0 Å². The average Bonchev–Trinajstić information content (AvgIpc) is 2.70. The van der Waals surface area contributed by atoms with Gasteiger partial charge in [-0.3, -0.25) is 9.69 Å². The normalized spacial score (nSPS) is 23.0. The number of aliphatic hydroxyl groups excluding tert-OH is 1. The molecule has 0 bridgehead atoms. The maximum Gasteiger partial charge on any atom is 0.224 e. The van der Waals surface area contributed by atoms with Gasteiger partial charge in [-0.1, -0.05) is 30.3 Å². The predicted molar refractivity (Wildman–Crippen MR) is 104 cm³/mol. The van der Waals surface area contributed by atoms with Crippen molar-refractivity contribution in [2.75, 3.05) is 45.9 Å². The zero-order chi connectivity index (χ0) is 18.2. The van der Waals surface area contributed by atoms with E-state index in [1.807, 2.05) is 18.2 Å². The number of carbonyl (C=O) groups is 1. The summed E-state index contributed by atoms with van der Waals surface area (Å²) in [5.41, 5.74) is 1.27. The second-order valence-corrected chi connectivity index (χ2v) is 7.66. The highest BCUT2D eigenvalue weighted by Crippen LogP contribution is 2.24. The van der Waals surface area contributed by atoms with Gasteiger partial charge in [-0.25, -0.2) is 0 Å². The van der Waals surface area contributed by atoms with Gasteiger partial charge in [0.25, 0.3) is 0 Å². The number of hydrogen-bond donors (Lipinski definition) is 2. The van der Waals surface area contributed by atoms with Crippen molar-refractivity contribution in [2.45, 2.75) is 38.1 Å². The lowest BCUT2D eigenvalue weighted by Gasteiger charge is -2.42. The molecule has 1 amide bonds. The fourth-order valence-electron chi connectivity index (χ4n) is 4.32. The fourth-order valence-corrected chi connectivity index (χ4v) is 4.32. The van der Waals surface area contributed by atoms with Gasteiger partial charge in [-0.2, -0.15) is 0 Å². The molecular formula is C21H33N3O2. The Morgan fingerprint density at radius 2 is 1.88 bits per heavy atom. The number of rotatable bonds is 7. The van der Waals surface area contributed by atoms with Gasteiger partial charge in [0.15, 0.2) is 0 Å². The minimum Gasteiger partial charge on any atom is -0.395 e. The molecule has 0 radical (unpaired) electrons. The number of likely N-dealkylation sites (tertiary alicyclic amines) is 2. The fraction of sp³-hybridized carbons (Fsp3) is 0.667. The van der Waals surface area contributed by atoms with Crippen LogP contribution in [0.4, 0.5) is 0 Å². The van der Waals surface area contributed by atoms with Crippen molar-refractivity contribution in [2.24, 2.45) is 5.92 Å². The molecule has 144 valence electrons. The molecular weight excluding hydrogens is 326 g/mol. The molecule has 0 aliphatic carbocycles. The van der Waals surface area contributed by atoms with Crippen LogP contribution in [0, 0.1) is 5.92 Å². The first kappa shape index (κ1) is 19.3. The van der Waals surface area contributed by atoms with E-state index in [-0.39, 0.29) is 18.4 Å². The maximum atomic E-state index is 12.6. The van der Waals surface area contributed by atoms with E-state index < -0.39 is 0 Å². The lowest BCUT2D eigenvalue weighted by molar-refractivity contribution is -0.127. The molecule has 1 unspecified atom stereocenters. The van der Waals surface area contributed by atoms with E-state index in [2.05, 4.69) is 27.2 Å². The third kappa shape index (κ3) is 5.53. The standard InChI is InChI=1S/C21H33N3O2/c25-16-15-23-13-9-20(10-14-23)24-12-4-7-19(17-24)21(26)22-11-8-18-5-2-1-3-6-18/h1-3,5-6,19-20,25H,4,7-17H2,(H,22,26). The van der Waals surface area contributed by atoms with Gasteiger partial charge in [0, 0.05) is 25.7 Å². The molecule has 0 spiro atoms. The molecule has 2 fully saturated rings. The first-order valence-electron chi connectivity index (χ1n) is 10.1. The van der Waals surface area contributed by atoms with Crippen LogP contribution in [0.2, 0.25) is 0 Å². The van der Waals surface area contributed by atoms with Crippen LogP contribution in [0.5, 0.6) is 0 Å². The molecule has 1 aromatic rings. The Labute approximate surface area is 157 Å². The van der Waals surface area contributed by atoms with Gasteiger partial charge in [0.2, 0.25) is 5.91 Å². The van der Waals surface area contributed by atoms with E-state index in [0.29, 0.717) is 6.04 Å². The number of piperidine rings is 2. The molecule has 1 atom stereocenters. The molecule has 1 aromatic carbocycles. The predicted octanol–water partition coefficient (Wildman–Crippen LogP) is 1.51. The number of nitrogens with zero attached hydrogens (tertiary/aromatic N) is 2. The second-order valence-electron chi connectivity index (χ2n) is 7.66. The summed E-state index contributed by atoms with van der Waals surface area (Å²) >= 11 is 0. The highest BCUT2D eigenvalue weighted by Gasteiger charge is 2.31. The number of β-amino-alcohol motifs (C(OH)–C–C–N with tert-alkyl or cyclic N) is 1. The number of aliphatic hydroxyl groups is 1. The molecule has 2 heterocycles. The first-order valence-corrected chi connectivity index (χ1v) is 10.1. The Bertz CT molecular complexity index is 543. The number of nitrogens with one attached hydrogen (secondary N) is 1. The zero-order valence-corrected chi connectivity index (χ0v) is 15.8. The minimum atomic E-state index is 0.134. The zero-order valence-electron chi connectivity index (χ0n) is 15.8. The molecule has 5 heteroatoms. The van der Waals surface area contributed by atoms with Crippen molar-refractivity contribution in [1.29, 1.82) is 0 Å². The summed E-state index contributed by atoms with van der Waals surface area (Å²) in [5, 5.41) is 12.2. The summed E-state index contributed by atoms with van der Waals surface area (Å²) in [7, 11) is 0. The summed E-state index contributed by atoms with van der Waals surface area (Å²) in [6.07, 6.45) is 5.33. The molecule has 3 rings (SSSR count). The molecule has 2 saturated heterocycles. The molecule has 2 N–H and O–H groups in total. The van der Waals surface area contributed by atoms with Crippen LogP contribution < -0.4 is 5.32 Å². The van der Waals surface area contributed by atoms with Gasteiger partial charge in [-0.15, -0.1) is 0 Å². The van der Waals surface area contributed by atoms with Crippen LogP contribution >= 0.6 is 0 Å². The van der Waals surface area contributed by atoms with Gasteiger partial charge >= 0.3 is 0 Å². The number of amides is 1. The maximum absolute atomic E-state index is 12.6. The lowest BCUT2D eigenvalue weighted by Crippen LogP contribution is -2.51. The second kappa shape index (κ2) is 10.0. The smallest absolute Gasteiger partial charge is 0.224 e. The SMILES string of the molecule is O=C(NCCc1ccccc1)C1CCCN(C2CCN(CCO)CC2)C1. The summed E-state index contributed by atoms with van der Waals surface area (Å²) in [6.45, 7) is 5.92. The van der Waals surface area contributed by atoms with E-state index in [4.69, 9.17) is 5.11 Å². The van der Waals surface area contributed by atoms with Gasteiger partial charge in [-0.05, 0) is 57.3 Å². The van der Waals surface area contributed by atoms with E-state index in [1.54, 1.807) is 0 Å². The van der Waals surface area contributed by atoms with E-state index in [0.717, 1.165) is 71.4 Å². The Morgan fingerprint density at radius 1 is 1.12 bits per heavy atom. The van der Waals surface area contributed by atoms with Crippen molar-refractivity contribution in [1.82, 2.24) is 15.1 Å². The summed E-state index contributed by atoms with van der Waals surface area (Å²) in [6, 6.07) is 10.9. The van der Waals surface area contributed by atoms with Gasteiger partial charge < -0.3 is 15.3 Å². The Morgan fingerprint density at radius 3 is 2.62 bits per heavy atom. The largest absolute Gasteiger partial charge is 0.395 e. The van der Waals surface area contributed by atoms with Crippen LogP contribution in [0.15, 0.2) is 30.3 Å². The summed E-state index contributed by atoms with van der Waals surface area (Å²) in [5.74, 6) is 0.360. The van der Waals surface area contributed by atoms with Crippen LogP contribution in [0.3, 0.4) is 0 Å².